The first-order valence-electron chi connectivity index (χ1n) is 4.48. The summed E-state index contributed by atoms with van der Waals surface area (Å²) in [6, 6.07) is 10.3. The predicted molar refractivity (Wildman–Crippen MR) is 60.0 cm³/mol. The molecule has 1 nitrogen and oxygen atoms in total. The van der Waals surface area contributed by atoms with E-state index in [-0.39, 0.29) is 0 Å². The van der Waals surface area contributed by atoms with Crippen molar-refractivity contribution in [1.82, 2.24) is 0 Å². The van der Waals surface area contributed by atoms with E-state index in [1.165, 1.54) is 5.19 Å². The Morgan fingerprint density at radius 1 is 1.31 bits per heavy atom. The zero-order valence-corrected chi connectivity index (χ0v) is 9.84. The lowest BCUT2D eigenvalue weighted by molar-refractivity contribution is 0.338. The highest BCUT2D eigenvalue weighted by Gasteiger charge is 2.29. The van der Waals surface area contributed by atoms with Crippen LogP contribution >= 0.6 is 11.6 Å². The Labute approximate surface area is 85.8 Å². The second kappa shape index (κ2) is 4.79. The van der Waals surface area contributed by atoms with Gasteiger partial charge in [-0.15, -0.1) is 11.6 Å². The van der Waals surface area contributed by atoms with Crippen LogP contribution in [0.25, 0.3) is 0 Å². The molecule has 13 heavy (non-hydrogen) atoms. The van der Waals surface area contributed by atoms with E-state index in [0.717, 1.165) is 6.61 Å². The third-order valence-corrected chi connectivity index (χ3v) is 6.62. The fraction of sp³-hybridized carbons (Fsp3) is 0.400. The lowest BCUT2D eigenvalue weighted by atomic mass is 10.4. The lowest BCUT2D eigenvalue weighted by Gasteiger charge is -2.24. The van der Waals surface area contributed by atoms with Gasteiger partial charge in [0.15, 0.2) is 0 Å². The standard InChI is InChI=1S/C10H15ClOSi/c1-3-12-13(2,9-11)10-7-5-4-6-8-10/h4-8H,3,9H2,1-2H3. The summed E-state index contributed by atoms with van der Waals surface area (Å²) in [4.78, 5) is 0. The van der Waals surface area contributed by atoms with Gasteiger partial charge in [-0.25, -0.2) is 0 Å². The summed E-state index contributed by atoms with van der Waals surface area (Å²) >= 11 is 5.96. The first-order chi connectivity index (χ1) is 6.23. The minimum absolute atomic E-state index is 0.616. The fourth-order valence-corrected chi connectivity index (χ4v) is 3.94. The molecule has 0 radical (unpaired) electrons. The molecule has 72 valence electrons. The van der Waals surface area contributed by atoms with Crippen LogP contribution in [0, 0.1) is 0 Å². The minimum Gasteiger partial charge on any atom is -0.412 e. The summed E-state index contributed by atoms with van der Waals surface area (Å²) in [6.07, 6.45) is 0. The van der Waals surface area contributed by atoms with E-state index in [0.29, 0.717) is 5.50 Å². The van der Waals surface area contributed by atoms with Gasteiger partial charge in [-0.2, -0.15) is 0 Å². The Kier molecular flexibility index (Phi) is 3.97. The van der Waals surface area contributed by atoms with E-state index in [1.807, 2.05) is 25.1 Å². The molecule has 1 rings (SSSR count). The van der Waals surface area contributed by atoms with Crippen molar-refractivity contribution in [2.75, 3.05) is 12.1 Å². The average molecular weight is 215 g/mol. The quantitative estimate of drug-likeness (QED) is 0.552. The monoisotopic (exact) mass is 214 g/mol. The molecule has 0 saturated carbocycles. The summed E-state index contributed by atoms with van der Waals surface area (Å²) in [5, 5.41) is 1.27. The maximum Gasteiger partial charge on any atom is 0.235 e. The second-order valence-corrected chi connectivity index (χ2v) is 7.56. The Morgan fingerprint density at radius 3 is 2.38 bits per heavy atom. The van der Waals surface area contributed by atoms with Crippen molar-refractivity contribution >= 4 is 25.1 Å². The van der Waals surface area contributed by atoms with Gasteiger partial charge in [0.1, 0.15) is 0 Å². The van der Waals surface area contributed by atoms with Crippen LogP contribution in [-0.2, 0) is 4.43 Å². The van der Waals surface area contributed by atoms with Crippen LogP contribution < -0.4 is 5.19 Å². The molecule has 0 aliphatic heterocycles. The van der Waals surface area contributed by atoms with Crippen molar-refractivity contribution < 1.29 is 4.43 Å². The van der Waals surface area contributed by atoms with Gasteiger partial charge in [-0.05, 0) is 18.7 Å². The highest BCUT2D eigenvalue weighted by Crippen LogP contribution is 2.07. The SMILES string of the molecule is CCO[Si](C)(CCl)c1ccccc1. The molecule has 0 saturated heterocycles. The molecule has 0 amide bonds. The molecule has 1 atom stereocenters. The maximum atomic E-state index is 5.96. The second-order valence-electron chi connectivity index (χ2n) is 3.16. The Balaban J connectivity index is 2.89. The molecule has 1 unspecified atom stereocenters. The molecule has 0 heterocycles. The summed E-state index contributed by atoms with van der Waals surface area (Å²) in [5.41, 5.74) is 0.616. The van der Waals surface area contributed by atoms with E-state index in [1.54, 1.807) is 0 Å². The summed E-state index contributed by atoms with van der Waals surface area (Å²) in [7, 11) is -1.83. The van der Waals surface area contributed by atoms with Crippen molar-refractivity contribution in [2.45, 2.75) is 13.5 Å². The average Bonchev–Trinajstić information content (AvgIpc) is 2.19. The molecule has 0 fully saturated rings. The van der Waals surface area contributed by atoms with Gasteiger partial charge in [0.2, 0.25) is 8.32 Å². The molecule has 3 heteroatoms. The molecule has 0 spiro atoms. The van der Waals surface area contributed by atoms with Crippen LogP contribution in [0.5, 0.6) is 0 Å². The van der Waals surface area contributed by atoms with Gasteiger partial charge in [-0.3, -0.25) is 0 Å². The van der Waals surface area contributed by atoms with Gasteiger partial charge < -0.3 is 4.43 Å². The smallest absolute Gasteiger partial charge is 0.235 e. The molecular formula is C10H15ClOSi. The lowest BCUT2D eigenvalue weighted by Crippen LogP contribution is -2.50. The molecule has 0 aliphatic carbocycles. The topological polar surface area (TPSA) is 9.23 Å². The van der Waals surface area contributed by atoms with E-state index < -0.39 is 8.32 Å². The Morgan fingerprint density at radius 2 is 1.92 bits per heavy atom. The van der Waals surface area contributed by atoms with Gasteiger partial charge in [0.25, 0.3) is 0 Å². The summed E-state index contributed by atoms with van der Waals surface area (Å²) < 4.78 is 5.77. The predicted octanol–water partition coefficient (Wildman–Crippen LogP) is 2.28. The van der Waals surface area contributed by atoms with E-state index in [9.17, 15) is 0 Å². The van der Waals surface area contributed by atoms with Crippen LogP contribution in [-0.4, -0.2) is 20.4 Å². The van der Waals surface area contributed by atoms with Crippen molar-refractivity contribution in [3.8, 4) is 0 Å². The van der Waals surface area contributed by atoms with Crippen LogP contribution in [0.2, 0.25) is 6.55 Å². The normalized spacial score (nSPS) is 15.3. The van der Waals surface area contributed by atoms with Crippen molar-refractivity contribution in [2.24, 2.45) is 0 Å². The number of hydrogen-bond donors (Lipinski definition) is 0. The Hall–Kier alpha value is -0.313. The van der Waals surface area contributed by atoms with Gasteiger partial charge in [-0.1, -0.05) is 30.3 Å². The van der Waals surface area contributed by atoms with Crippen LogP contribution in [0.1, 0.15) is 6.92 Å². The van der Waals surface area contributed by atoms with E-state index >= 15 is 0 Å². The maximum absolute atomic E-state index is 5.96. The molecule has 1 aromatic carbocycles. The van der Waals surface area contributed by atoms with Crippen LogP contribution in [0.15, 0.2) is 30.3 Å². The Bertz CT molecular complexity index is 252. The first kappa shape index (κ1) is 10.8. The zero-order chi connectivity index (χ0) is 9.73. The zero-order valence-electron chi connectivity index (χ0n) is 8.09. The molecule has 0 N–H and O–H groups in total. The van der Waals surface area contributed by atoms with Crippen molar-refractivity contribution in [3.05, 3.63) is 30.3 Å². The van der Waals surface area contributed by atoms with Crippen LogP contribution in [0.3, 0.4) is 0 Å². The molecule has 0 aliphatic rings. The van der Waals surface area contributed by atoms with Gasteiger partial charge >= 0.3 is 0 Å². The van der Waals surface area contributed by atoms with Gasteiger partial charge in [0, 0.05) is 12.1 Å². The third kappa shape index (κ3) is 2.56. The van der Waals surface area contributed by atoms with Crippen molar-refractivity contribution in [3.63, 3.8) is 0 Å². The third-order valence-electron chi connectivity index (χ3n) is 2.10. The number of halogens is 1. The first-order valence-corrected chi connectivity index (χ1v) is 7.63. The van der Waals surface area contributed by atoms with Crippen LogP contribution in [0.4, 0.5) is 0 Å². The minimum atomic E-state index is -1.83. The summed E-state index contributed by atoms with van der Waals surface area (Å²) in [6.45, 7) is 4.91. The number of rotatable bonds is 4. The highest BCUT2D eigenvalue weighted by molar-refractivity contribution is 6.90. The molecule has 0 aromatic heterocycles. The molecule has 1 aromatic rings. The molecular weight excluding hydrogens is 200 g/mol. The number of alkyl halides is 1. The van der Waals surface area contributed by atoms with Crippen molar-refractivity contribution in [1.29, 1.82) is 0 Å². The van der Waals surface area contributed by atoms with E-state index in [2.05, 4.69) is 18.7 Å². The fourth-order valence-electron chi connectivity index (χ4n) is 1.31. The number of hydrogen-bond acceptors (Lipinski definition) is 1. The summed E-state index contributed by atoms with van der Waals surface area (Å²) in [5.74, 6) is 0. The molecule has 0 bridgehead atoms. The van der Waals surface area contributed by atoms with E-state index in [4.69, 9.17) is 16.0 Å². The van der Waals surface area contributed by atoms with Gasteiger partial charge in [0.05, 0.1) is 0 Å². The largest absolute Gasteiger partial charge is 0.412 e. The number of benzene rings is 1. The highest BCUT2D eigenvalue weighted by atomic mass is 35.5.